The lowest BCUT2D eigenvalue weighted by Crippen LogP contribution is -2.45. The number of amidine groups is 1. The Balaban J connectivity index is 2.02. The molecule has 2 atom stereocenters. The predicted octanol–water partition coefficient (Wildman–Crippen LogP) is 2.78. The van der Waals surface area contributed by atoms with Crippen LogP contribution in [-0.4, -0.2) is 48.5 Å². The Morgan fingerprint density at radius 3 is 2.33 bits per heavy atom. The molecule has 8 nitrogen and oxygen atoms in total. The standard InChI is InChI=1S/C21H29N3O5S/c1-20(2,3)9-10-24-17(21(4,5)6)16(26)15(19(24)27)18-22-13-8-7-12(25)11-14(13)30(28,29)23-18/h7-8,11,15,17,25H,9-10H2,1-6H3,(H,22,23)/t15?,17-/m1/s1. The van der Waals surface area contributed by atoms with Crippen LogP contribution in [0.4, 0.5) is 5.69 Å². The van der Waals surface area contributed by atoms with Crippen LogP contribution in [0.1, 0.15) is 48.0 Å². The van der Waals surface area contributed by atoms with E-state index in [2.05, 4.69) is 30.5 Å². The minimum Gasteiger partial charge on any atom is -0.508 e. The molecule has 1 unspecified atom stereocenters. The molecule has 1 aromatic carbocycles. The van der Waals surface area contributed by atoms with Gasteiger partial charge >= 0.3 is 0 Å². The van der Waals surface area contributed by atoms with Gasteiger partial charge < -0.3 is 15.3 Å². The highest BCUT2D eigenvalue weighted by atomic mass is 32.2. The summed E-state index contributed by atoms with van der Waals surface area (Å²) in [5.74, 6) is -2.49. The molecule has 1 saturated heterocycles. The second kappa shape index (κ2) is 7.08. The number of phenolic OH excluding ortho intramolecular Hbond substituents is 1. The van der Waals surface area contributed by atoms with Crippen LogP contribution >= 0.6 is 0 Å². The van der Waals surface area contributed by atoms with E-state index in [1.807, 2.05) is 20.8 Å². The maximum atomic E-state index is 13.4. The van der Waals surface area contributed by atoms with E-state index < -0.39 is 33.3 Å². The van der Waals surface area contributed by atoms with E-state index in [9.17, 15) is 23.1 Å². The molecule has 1 aromatic rings. The highest BCUT2D eigenvalue weighted by molar-refractivity contribution is 7.90. The first kappa shape index (κ1) is 22.3. The van der Waals surface area contributed by atoms with Gasteiger partial charge in [-0.2, -0.15) is 8.42 Å². The van der Waals surface area contributed by atoms with E-state index in [1.54, 1.807) is 4.90 Å². The van der Waals surface area contributed by atoms with Gasteiger partial charge in [-0.25, -0.2) is 0 Å². The van der Waals surface area contributed by atoms with E-state index in [0.29, 0.717) is 13.0 Å². The second-order valence-corrected chi connectivity index (χ2v) is 11.8. The van der Waals surface area contributed by atoms with Crippen molar-refractivity contribution >= 4 is 33.2 Å². The number of hydrogen-bond donors (Lipinski definition) is 2. The molecule has 2 heterocycles. The van der Waals surface area contributed by atoms with Crippen molar-refractivity contribution in [2.75, 3.05) is 11.9 Å². The number of Topliss-reactive ketones (excluding diaryl/α,β-unsaturated/α-hetero) is 1. The number of rotatable bonds is 3. The molecule has 0 saturated carbocycles. The average molecular weight is 436 g/mol. The molecular weight excluding hydrogens is 406 g/mol. The van der Waals surface area contributed by atoms with Crippen molar-refractivity contribution in [2.45, 2.75) is 58.9 Å². The van der Waals surface area contributed by atoms with Crippen LogP contribution in [0.5, 0.6) is 5.75 Å². The van der Waals surface area contributed by atoms with Crippen molar-refractivity contribution in [1.82, 2.24) is 4.90 Å². The molecule has 0 aliphatic carbocycles. The van der Waals surface area contributed by atoms with Crippen molar-refractivity contribution in [1.29, 1.82) is 0 Å². The summed E-state index contributed by atoms with van der Waals surface area (Å²) >= 11 is 0. The van der Waals surface area contributed by atoms with Crippen LogP contribution in [-0.2, 0) is 19.6 Å². The number of likely N-dealkylation sites (tertiary alicyclic amines) is 1. The highest BCUT2D eigenvalue weighted by Gasteiger charge is 2.54. The smallest absolute Gasteiger partial charge is 0.286 e. The Morgan fingerprint density at radius 1 is 1.13 bits per heavy atom. The first-order chi connectivity index (χ1) is 13.6. The van der Waals surface area contributed by atoms with E-state index in [-0.39, 0.29) is 33.4 Å². The first-order valence-corrected chi connectivity index (χ1v) is 11.3. The Kier molecular flexibility index (Phi) is 5.25. The number of aromatic hydroxyl groups is 1. The normalized spacial score (nSPS) is 23.8. The summed E-state index contributed by atoms with van der Waals surface area (Å²) in [7, 11) is -4.16. The molecule has 0 bridgehead atoms. The van der Waals surface area contributed by atoms with Gasteiger partial charge in [-0.1, -0.05) is 41.5 Å². The molecule has 2 aliphatic rings. The third-order valence-electron chi connectivity index (χ3n) is 5.32. The van der Waals surface area contributed by atoms with E-state index in [4.69, 9.17) is 0 Å². The van der Waals surface area contributed by atoms with Gasteiger partial charge in [-0.05, 0) is 29.4 Å². The van der Waals surface area contributed by atoms with Gasteiger partial charge in [0.15, 0.2) is 11.7 Å². The van der Waals surface area contributed by atoms with Gasteiger partial charge in [-0.3, -0.25) is 9.59 Å². The van der Waals surface area contributed by atoms with Crippen molar-refractivity contribution in [3.8, 4) is 5.75 Å². The van der Waals surface area contributed by atoms with Crippen LogP contribution in [0.3, 0.4) is 0 Å². The summed E-state index contributed by atoms with van der Waals surface area (Å²) in [6.45, 7) is 12.2. The molecule has 2 aliphatic heterocycles. The number of carbonyl (C=O) groups excluding carboxylic acids is 2. The summed E-state index contributed by atoms with van der Waals surface area (Å²) in [6.07, 6.45) is 0.700. The molecule has 0 spiro atoms. The lowest BCUT2D eigenvalue weighted by Gasteiger charge is -2.35. The zero-order valence-corrected chi connectivity index (χ0v) is 19.0. The van der Waals surface area contributed by atoms with Crippen LogP contribution in [0, 0.1) is 16.7 Å². The van der Waals surface area contributed by atoms with Crippen LogP contribution in [0.2, 0.25) is 0 Å². The van der Waals surface area contributed by atoms with E-state index >= 15 is 0 Å². The summed E-state index contributed by atoms with van der Waals surface area (Å²) in [5, 5.41) is 12.4. The van der Waals surface area contributed by atoms with Crippen molar-refractivity contribution in [2.24, 2.45) is 21.1 Å². The van der Waals surface area contributed by atoms with Crippen LogP contribution < -0.4 is 5.32 Å². The molecule has 1 amide bonds. The quantitative estimate of drug-likeness (QED) is 0.557. The Labute approximate surface area is 177 Å². The number of hydrogen-bond acceptors (Lipinski definition) is 6. The Morgan fingerprint density at radius 2 is 1.77 bits per heavy atom. The van der Waals surface area contributed by atoms with Gasteiger partial charge in [-0.15, -0.1) is 4.40 Å². The SMILES string of the molecule is CC(C)(C)CCN1C(=O)C(C2=NS(=O)(=O)c3cc(O)ccc3N2)C(=O)[C@@H]1C(C)(C)C. The summed E-state index contributed by atoms with van der Waals surface area (Å²) in [6, 6.07) is 3.13. The fourth-order valence-corrected chi connectivity index (χ4v) is 5.03. The lowest BCUT2D eigenvalue weighted by molar-refractivity contribution is -0.132. The molecule has 3 rings (SSSR count). The number of amides is 1. The molecule has 0 radical (unpaired) electrons. The highest BCUT2D eigenvalue weighted by Crippen LogP contribution is 2.38. The minimum atomic E-state index is -4.16. The largest absolute Gasteiger partial charge is 0.508 e. The molecule has 1 fully saturated rings. The minimum absolute atomic E-state index is 0.0330. The maximum Gasteiger partial charge on any atom is 0.286 e. The van der Waals surface area contributed by atoms with Crippen molar-refractivity contribution in [3.05, 3.63) is 18.2 Å². The fraction of sp³-hybridized carbons (Fsp3) is 0.571. The second-order valence-electron chi connectivity index (χ2n) is 10.2. The third kappa shape index (κ3) is 4.08. The van der Waals surface area contributed by atoms with E-state index in [1.165, 1.54) is 12.1 Å². The van der Waals surface area contributed by atoms with Gasteiger partial charge in [0.2, 0.25) is 5.91 Å². The number of anilines is 1. The summed E-state index contributed by atoms with van der Waals surface area (Å²) in [5.41, 5.74) is -0.370. The monoisotopic (exact) mass is 435 g/mol. The van der Waals surface area contributed by atoms with Gasteiger partial charge in [0, 0.05) is 12.6 Å². The average Bonchev–Trinajstić information content (AvgIpc) is 2.82. The van der Waals surface area contributed by atoms with Crippen LogP contribution in [0.25, 0.3) is 0 Å². The number of carbonyl (C=O) groups is 2. The predicted molar refractivity (Wildman–Crippen MR) is 114 cm³/mol. The van der Waals surface area contributed by atoms with E-state index in [0.717, 1.165) is 6.07 Å². The number of ketones is 1. The summed E-state index contributed by atoms with van der Waals surface area (Å²) in [4.78, 5) is 28.0. The Bertz CT molecular complexity index is 1030. The number of sulfonamides is 1. The maximum absolute atomic E-state index is 13.4. The van der Waals surface area contributed by atoms with Gasteiger partial charge in [0.25, 0.3) is 10.0 Å². The number of benzene rings is 1. The van der Waals surface area contributed by atoms with Crippen LogP contribution in [0.15, 0.2) is 27.5 Å². The zero-order chi connectivity index (χ0) is 22.6. The number of nitrogens with one attached hydrogen (secondary N) is 1. The number of nitrogens with zero attached hydrogens (tertiary/aromatic N) is 2. The summed E-state index contributed by atoms with van der Waals surface area (Å²) < 4.78 is 29.0. The zero-order valence-electron chi connectivity index (χ0n) is 18.2. The van der Waals surface area contributed by atoms with Crippen molar-refractivity contribution < 1.29 is 23.1 Å². The third-order valence-corrected chi connectivity index (χ3v) is 6.65. The molecular formula is C21H29N3O5S. The van der Waals surface area contributed by atoms with Gasteiger partial charge in [0.1, 0.15) is 16.5 Å². The molecule has 2 N–H and O–H groups in total. The van der Waals surface area contributed by atoms with Crippen molar-refractivity contribution in [3.63, 3.8) is 0 Å². The van der Waals surface area contributed by atoms with Gasteiger partial charge in [0.05, 0.1) is 11.7 Å². The first-order valence-electron chi connectivity index (χ1n) is 9.91. The fourth-order valence-electron chi connectivity index (χ4n) is 3.86. The molecule has 164 valence electrons. The number of fused-ring (bicyclic) bond motifs is 1. The Hall–Kier alpha value is -2.42. The molecule has 0 aromatic heterocycles. The number of phenols is 1. The molecule has 30 heavy (non-hydrogen) atoms. The lowest BCUT2D eigenvalue weighted by atomic mass is 9.82. The molecule has 9 heteroatoms. The topological polar surface area (TPSA) is 116 Å².